The van der Waals surface area contributed by atoms with Gasteiger partial charge < -0.3 is 10.2 Å². The van der Waals surface area contributed by atoms with Gasteiger partial charge in [-0.3, -0.25) is 0 Å². The van der Waals surface area contributed by atoms with Crippen LogP contribution < -0.4 is 5.32 Å². The highest BCUT2D eigenvalue weighted by atomic mass is 15.2. The molecule has 2 nitrogen and oxygen atoms in total. The first-order valence-corrected chi connectivity index (χ1v) is 7.78. The van der Waals surface area contributed by atoms with E-state index in [2.05, 4.69) is 54.5 Å². The summed E-state index contributed by atoms with van der Waals surface area (Å²) in [5, 5.41) is 3.51. The van der Waals surface area contributed by atoms with E-state index in [1.54, 1.807) is 0 Å². The predicted octanol–water partition coefficient (Wildman–Crippen LogP) is 3.08. The number of hydrogen-bond acceptors (Lipinski definition) is 2. The van der Waals surface area contributed by atoms with Gasteiger partial charge in [0.25, 0.3) is 0 Å². The van der Waals surface area contributed by atoms with E-state index in [4.69, 9.17) is 0 Å². The molecule has 2 atom stereocenters. The average Bonchev–Trinajstić information content (AvgIpc) is 2.74. The predicted molar refractivity (Wildman–Crippen MR) is 82.5 cm³/mol. The molecule has 1 aliphatic heterocycles. The van der Waals surface area contributed by atoms with Crippen LogP contribution in [0.3, 0.4) is 0 Å². The van der Waals surface area contributed by atoms with Crippen molar-refractivity contribution >= 4 is 0 Å². The van der Waals surface area contributed by atoms with Gasteiger partial charge in [0.2, 0.25) is 0 Å². The molecule has 2 rings (SSSR count). The Bertz CT molecular complexity index is 342. The van der Waals surface area contributed by atoms with Crippen LogP contribution >= 0.6 is 0 Å². The molecule has 0 radical (unpaired) electrons. The number of nitrogens with zero attached hydrogens (tertiary/aromatic N) is 1. The minimum Gasteiger partial charge on any atom is -0.317 e. The molecule has 0 aromatic heterocycles. The van der Waals surface area contributed by atoms with Crippen LogP contribution in [-0.2, 0) is 6.42 Å². The molecule has 2 heteroatoms. The van der Waals surface area contributed by atoms with Gasteiger partial charge in [-0.05, 0) is 57.8 Å². The molecule has 106 valence electrons. The summed E-state index contributed by atoms with van der Waals surface area (Å²) in [7, 11) is 2.33. The lowest BCUT2D eigenvalue weighted by Gasteiger charge is -2.34. The summed E-state index contributed by atoms with van der Waals surface area (Å²) < 4.78 is 0. The molecule has 0 aliphatic carbocycles. The van der Waals surface area contributed by atoms with E-state index in [0.717, 1.165) is 6.04 Å². The van der Waals surface area contributed by atoms with Crippen LogP contribution in [0.2, 0.25) is 0 Å². The Morgan fingerprint density at radius 3 is 2.74 bits per heavy atom. The minimum atomic E-state index is 0.672. The Kier molecular flexibility index (Phi) is 5.87. The highest BCUT2D eigenvalue weighted by molar-refractivity contribution is 5.16. The van der Waals surface area contributed by atoms with Crippen molar-refractivity contribution in [2.24, 2.45) is 0 Å². The first kappa shape index (κ1) is 14.5. The lowest BCUT2D eigenvalue weighted by Crippen LogP contribution is -2.41. The second-order valence-electron chi connectivity index (χ2n) is 5.75. The van der Waals surface area contributed by atoms with Gasteiger partial charge in [0.1, 0.15) is 0 Å². The third kappa shape index (κ3) is 4.32. The van der Waals surface area contributed by atoms with Crippen LogP contribution in [0.5, 0.6) is 0 Å². The van der Waals surface area contributed by atoms with Crippen molar-refractivity contribution in [3.63, 3.8) is 0 Å². The zero-order valence-corrected chi connectivity index (χ0v) is 12.4. The number of nitrogens with one attached hydrogen (secondary N) is 1. The van der Waals surface area contributed by atoms with E-state index < -0.39 is 0 Å². The number of likely N-dealkylation sites (N-methyl/N-ethyl adjacent to an activating group) is 1. The molecule has 0 spiro atoms. The summed E-state index contributed by atoms with van der Waals surface area (Å²) in [4.78, 5) is 2.64. The van der Waals surface area contributed by atoms with Crippen molar-refractivity contribution in [2.75, 3.05) is 20.1 Å². The van der Waals surface area contributed by atoms with Crippen molar-refractivity contribution in [3.8, 4) is 0 Å². The first-order chi connectivity index (χ1) is 9.31. The molecule has 1 aliphatic rings. The molecule has 1 aromatic carbocycles. The molecule has 0 bridgehead atoms. The van der Waals surface area contributed by atoms with Crippen LogP contribution in [0.1, 0.15) is 38.2 Å². The molecule has 19 heavy (non-hydrogen) atoms. The zero-order chi connectivity index (χ0) is 13.5. The summed E-state index contributed by atoms with van der Waals surface area (Å²) >= 11 is 0. The van der Waals surface area contributed by atoms with Crippen molar-refractivity contribution in [3.05, 3.63) is 35.9 Å². The van der Waals surface area contributed by atoms with E-state index in [0.29, 0.717) is 6.04 Å². The number of hydrogen-bond donors (Lipinski definition) is 1. The van der Waals surface area contributed by atoms with Gasteiger partial charge in [0.15, 0.2) is 0 Å². The molecule has 1 fully saturated rings. The monoisotopic (exact) mass is 260 g/mol. The SMILES string of the molecule is CCC(Cc1ccccc1)N(C)C1CCCNCC1. The van der Waals surface area contributed by atoms with E-state index in [9.17, 15) is 0 Å². The third-order valence-corrected chi connectivity index (χ3v) is 4.48. The zero-order valence-electron chi connectivity index (χ0n) is 12.4. The molecular weight excluding hydrogens is 232 g/mol. The highest BCUT2D eigenvalue weighted by Crippen LogP contribution is 2.19. The average molecular weight is 260 g/mol. The van der Waals surface area contributed by atoms with Crippen LogP contribution in [0.4, 0.5) is 0 Å². The largest absolute Gasteiger partial charge is 0.317 e. The summed E-state index contributed by atoms with van der Waals surface area (Å²) in [6, 6.07) is 12.3. The quantitative estimate of drug-likeness (QED) is 0.875. The van der Waals surface area contributed by atoms with Crippen molar-refractivity contribution in [2.45, 2.75) is 51.1 Å². The highest BCUT2D eigenvalue weighted by Gasteiger charge is 2.22. The Hall–Kier alpha value is -0.860. The topological polar surface area (TPSA) is 15.3 Å². The van der Waals surface area contributed by atoms with E-state index in [1.807, 2.05) is 0 Å². The van der Waals surface area contributed by atoms with Crippen LogP contribution in [0, 0.1) is 0 Å². The molecule has 1 N–H and O–H groups in total. The summed E-state index contributed by atoms with van der Waals surface area (Å²) in [6.45, 7) is 4.69. The summed E-state index contributed by atoms with van der Waals surface area (Å²) in [5.41, 5.74) is 1.47. The molecule has 1 saturated heterocycles. The Morgan fingerprint density at radius 2 is 2.00 bits per heavy atom. The lowest BCUT2D eigenvalue weighted by atomic mass is 9.99. The Balaban J connectivity index is 1.95. The van der Waals surface area contributed by atoms with Gasteiger partial charge in [0, 0.05) is 12.1 Å². The standard InChI is InChI=1S/C17H28N2/c1-3-16(14-15-8-5-4-6-9-15)19(2)17-10-7-12-18-13-11-17/h4-6,8-9,16-18H,3,7,10-14H2,1-2H3. The maximum absolute atomic E-state index is 3.51. The number of benzene rings is 1. The molecule has 0 saturated carbocycles. The fourth-order valence-electron chi connectivity index (χ4n) is 3.17. The van der Waals surface area contributed by atoms with Crippen molar-refractivity contribution in [1.29, 1.82) is 0 Å². The lowest BCUT2D eigenvalue weighted by molar-refractivity contribution is 0.154. The second kappa shape index (κ2) is 7.66. The Morgan fingerprint density at radius 1 is 1.21 bits per heavy atom. The van der Waals surface area contributed by atoms with Crippen LogP contribution in [-0.4, -0.2) is 37.1 Å². The van der Waals surface area contributed by atoms with Gasteiger partial charge in [-0.25, -0.2) is 0 Å². The van der Waals surface area contributed by atoms with Crippen molar-refractivity contribution < 1.29 is 0 Å². The summed E-state index contributed by atoms with van der Waals surface area (Å²) in [5.74, 6) is 0. The van der Waals surface area contributed by atoms with E-state index in [1.165, 1.54) is 50.8 Å². The maximum Gasteiger partial charge on any atom is 0.0133 e. The fourth-order valence-corrected chi connectivity index (χ4v) is 3.17. The Labute approximate surface area is 118 Å². The minimum absolute atomic E-state index is 0.672. The summed E-state index contributed by atoms with van der Waals surface area (Å²) in [6.07, 6.45) is 6.36. The number of rotatable bonds is 5. The smallest absolute Gasteiger partial charge is 0.0133 e. The normalized spacial score (nSPS) is 22.2. The van der Waals surface area contributed by atoms with Crippen LogP contribution in [0.25, 0.3) is 0 Å². The van der Waals surface area contributed by atoms with Gasteiger partial charge >= 0.3 is 0 Å². The third-order valence-electron chi connectivity index (χ3n) is 4.48. The second-order valence-corrected chi connectivity index (χ2v) is 5.75. The van der Waals surface area contributed by atoms with E-state index in [-0.39, 0.29) is 0 Å². The fraction of sp³-hybridized carbons (Fsp3) is 0.647. The van der Waals surface area contributed by atoms with Gasteiger partial charge in [-0.15, -0.1) is 0 Å². The first-order valence-electron chi connectivity index (χ1n) is 7.78. The van der Waals surface area contributed by atoms with Crippen LogP contribution in [0.15, 0.2) is 30.3 Å². The van der Waals surface area contributed by atoms with Gasteiger partial charge in [-0.1, -0.05) is 37.3 Å². The molecule has 0 amide bonds. The molecule has 1 aromatic rings. The maximum atomic E-state index is 3.51. The van der Waals surface area contributed by atoms with E-state index >= 15 is 0 Å². The van der Waals surface area contributed by atoms with Crippen molar-refractivity contribution in [1.82, 2.24) is 10.2 Å². The van der Waals surface area contributed by atoms with Gasteiger partial charge in [0.05, 0.1) is 0 Å². The molecular formula is C17H28N2. The molecule has 2 unspecified atom stereocenters. The molecule has 1 heterocycles. The van der Waals surface area contributed by atoms with Gasteiger partial charge in [-0.2, -0.15) is 0 Å².